The number of hydrogen-bond acceptors (Lipinski definition) is 2. The summed E-state index contributed by atoms with van der Waals surface area (Å²) < 4.78 is 15.7. The van der Waals surface area contributed by atoms with Crippen LogP contribution in [0.15, 0.2) is 18.3 Å². The number of benzene rings is 1. The maximum atomic E-state index is 14.0. The molecule has 1 aromatic carbocycles. The first-order valence-electron chi connectivity index (χ1n) is 6.15. The Morgan fingerprint density at radius 3 is 3.16 bits per heavy atom. The Morgan fingerprint density at radius 2 is 2.42 bits per heavy atom. The van der Waals surface area contributed by atoms with Gasteiger partial charge in [0.2, 0.25) is 0 Å². The number of nitrogens with zero attached hydrogens (tertiary/aromatic N) is 2. The van der Waals surface area contributed by atoms with Crippen molar-refractivity contribution >= 4 is 17.0 Å². The zero-order chi connectivity index (χ0) is 13.6. The van der Waals surface area contributed by atoms with Gasteiger partial charge in [-0.25, -0.2) is 9.18 Å². The summed E-state index contributed by atoms with van der Waals surface area (Å²) in [6.45, 7) is 0.371. The Kier molecular flexibility index (Phi) is 2.66. The van der Waals surface area contributed by atoms with Crippen LogP contribution in [-0.4, -0.2) is 27.5 Å². The first kappa shape index (κ1) is 12.0. The summed E-state index contributed by atoms with van der Waals surface area (Å²) in [6, 6.07) is 3.10. The van der Waals surface area contributed by atoms with Gasteiger partial charge in [-0.1, -0.05) is 0 Å². The van der Waals surface area contributed by atoms with E-state index in [9.17, 15) is 9.18 Å². The highest BCUT2D eigenvalue weighted by atomic mass is 19.1. The fraction of sp³-hybridized carbons (Fsp3) is 0.385. The lowest BCUT2D eigenvalue weighted by molar-refractivity contribution is 0.194. The van der Waals surface area contributed by atoms with Crippen LogP contribution in [0.5, 0.6) is 0 Å². The van der Waals surface area contributed by atoms with E-state index in [-0.39, 0.29) is 17.7 Å². The van der Waals surface area contributed by atoms with Crippen molar-refractivity contribution < 1.29 is 14.3 Å². The molecule has 0 bridgehead atoms. The van der Waals surface area contributed by atoms with E-state index in [0.29, 0.717) is 12.1 Å². The molecule has 1 aliphatic rings. The van der Waals surface area contributed by atoms with Crippen molar-refractivity contribution in [3.8, 4) is 0 Å². The first-order valence-corrected chi connectivity index (χ1v) is 6.15. The lowest BCUT2D eigenvalue weighted by atomic mass is 10.0. The predicted octanol–water partition coefficient (Wildman–Crippen LogP) is 2.08. The van der Waals surface area contributed by atoms with E-state index in [2.05, 4.69) is 10.4 Å². The number of nitrogens with one attached hydrogen (secondary N) is 1. The highest BCUT2D eigenvalue weighted by molar-refractivity contribution is 5.83. The van der Waals surface area contributed by atoms with Crippen LogP contribution in [0, 0.1) is 11.7 Å². The predicted molar refractivity (Wildman–Crippen MR) is 67.5 cm³/mol. The van der Waals surface area contributed by atoms with E-state index in [4.69, 9.17) is 5.11 Å². The second-order valence-corrected chi connectivity index (χ2v) is 4.98. The lowest BCUT2D eigenvalue weighted by Gasteiger charge is -2.04. The van der Waals surface area contributed by atoms with E-state index in [1.54, 1.807) is 17.8 Å². The number of aromatic nitrogens is 2. The van der Waals surface area contributed by atoms with Gasteiger partial charge in [-0.3, -0.25) is 4.68 Å². The van der Waals surface area contributed by atoms with Crippen LogP contribution in [0.4, 0.5) is 9.18 Å². The molecule has 1 heterocycles. The molecule has 2 N–H and O–H groups in total. The standard InChI is InChI=1S/C13H14FN3O2/c1-17-6-9-11(16-17)3-2-10(14)12(9)8-4-7(8)5-15-13(18)19/h2-3,6-8,15H,4-5H2,1H3,(H,18,19)/t7-,8+/m0/s1. The monoisotopic (exact) mass is 263 g/mol. The van der Waals surface area contributed by atoms with E-state index in [1.165, 1.54) is 6.07 Å². The molecule has 0 unspecified atom stereocenters. The Morgan fingerprint density at radius 1 is 1.63 bits per heavy atom. The number of amides is 1. The van der Waals surface area contributed by atoms with Crippen LogP contribution in [0.1, 0.15) is 17.9 Å². The van der Waals surface area contributed by atoms with Crippen LogP contribution in [0.2, 0.25) is 0 Å². The zero-order valence-electron chi connectivity index (χ0n) is 10.4. The molecule has 1 aliphatic carbocycles. The average Bonchev–Trinajstić information content (AvgIpc) is 3.00. The minimum absolute atomic E-state index is 0.0831. The fourth-order valence-electron chi connectivity index (χ4n) is 2.63. The van der Waals surface area contributed by atoms with Gasteiger partial charge in [-0.2, -0.15) is 5.10 Å². The fourth-order valence-corrected chi connectivity index (χ4v) is 2.63. The van der Waals surface area contributed by atoms with Crippen LogP contribution in [-0.2, 0) is 7.05 Å². The van der Waals surface area contributed by atoms with Gasteiger partial charge in [0.15, 0.2) is 0 Å². The molecular weight excluding hydrogens is 249 g/mol. The topological polar surface area (TPSA) is 67.2 Å². The molecule has 0 saturated heterocycles. The number of aryl methyl sites for hydroxylation is 1. The summed E-state index contributed by atoms with van der Waals surface area (Å²) in [6.07, 6.45) is 1.59. The number of carbonyl (C=O) groups is 1. The normalized spacial score (nSPS) is 21.6. The number of hydrogen-bond donors (Lipinski definition) is 2. The molecule has 0 radical (unpaired) electrons. The van der Waals surface area contributed by atoms with Gasteiger partial charge in [0, 0.05) is 30.7 Å². The minimum atomic E-state index is -1.04. The van der Waals surface area contributed by atoms with E-state index in [0.717, 1.165) is 17.3 Å². The SMILES string of the molecule is Cn1cc2c([C@@H]3C[C@H]3CNC(=O)O)c(F)ccc2n1. The molecule has 1 amide bonds. The number of halogens is 1. The minimum Gasteiger partial charge on any atom is -0.465 e. The van der Waals surface area contributed by atoms with Gasteiger partial charge in [0.1, 0.15) is 5.82 Å². The summed E-state index contributed by atoms with van der Waals surface area (Å²) in [5, 5.41) is 16.0. The number of rotatable bonds is 3. The third-order valence-electron chi connectivity index (χ3n) is 3.60. The average molecular weight is 263 g/mol. The molecule has 2 atom stereocenters. The molecule has 1 saturated carbocycles. The third kappa shape index (κ3) is 2.14. The summed E-state index contributed by atoms with van der Waals surface area (Å²) in [5.41, 5.74) is 1.44. The second kappa shape index (κ2) is 4.22. The largest absolute Gasteiger partial charge is 0.465 e. The second-order valence-electron chi connectivity index (χ2n) is 4.98. The van der Waals surface area contributed by atoms with Gasteiger partial charge < -0.3 is 10.4 Å². The van der Waals surface area contributed by atoms with Crippen LogP contribution in [0.25, 0.3) is 10.9 Å². The molecule has 3 rings (SSSR count). The van der Waals surface area contributed by atoms with E-state index < -0.39 is 6.09 Å². The van der Waals surface area contributed by atoms with Crippen molar-refractivity contribution in [3.05, 3.63) is 29.7 Å². The third-order valence-corrected chi connectivity index (χ3v) is 3.60. The van der Waals surface area contributed by atoms with Crippen LogP contribution in [0.3, 0.4) is 0 Å². The van der Waals surface area contributed by atoms with Gasteiger partial charge in [0.05, 0.1) is 5.52 Å². The highest BCUT2D eigenvalue weighted by Crippen LogP contribution is 2.49. The molecule has 19 heavy (non-hydrogen) atoms. The number of fused-ring (bicyclic) bond motifs is 1. The Hall–Kier alpha value is -2.11. The van der Waals surface area contributed by atoms with Crippen molar-refractivity contribution in [2.24, 2.45) is 13.0 Å². The lowest BCUT2D eigenvalue weighted by Crippen LogP contribution is -2.23. The molecule has 0 aliphatic heterocycles. The smallest absolute Gasteiger partial charge is 0.404 e. The van der Waals surface area contributed by atoms with Gasteiger partial charge in [-0.05, 0) is 30.4 Å². The molecule has 6 heteroatoms. The maximum Gasteiger partial charge on any atom is 0.404 e. The molecular formula is C13H14FN3O2. The van der Waals surface area contributed by atoms with Crippen LogP contribution >= 0.6 is 0 Å². The van der Waals surface area contributed by atoms with Crippen molar-refractivity contribution in [1.29, 1.82) is 0 Å². The molecule has 1 fully saturated rings. The van der Waals surface area contributed by atoms with Crippen LogP contribution < -0.4 is 5.32 Å². The molecule has 100 valence electrons. The van der Waals surface area contributed by atoms with Crippen molar-refractivity contribution in [2.75, 3.05) is 6.54 Å². The van der Waals surface area contributed by atoms with E-state index >= 15 is 0 Å². The van der Waals surface area contributed by atoms with Gasteiger partial charge in [0.25, 0.3) is 0 Å². The molecule has 1 aromatic heterocycles. The summed E-state index contributed by atoms with van der Waals surface area (Å²) in [7, 11) is 1.80. The van der Waals surface area contributed by atoms with Crippen molar-refractivity contribution in [3.63, 3.8) is 0 Å². The first-order chi connectivity index (χ1) is 9.06. The highest BCUT2D eigenvalue weighted by Gasteiger charge is 2.41. The van der Waals surface area contributed by atoms with Gasteiger partial charge in [-0.15, -0.1) is 0 Å². The molecule has 0 spiro atoms. The summed E-state index contributed by atoms with van der Waals surface area (Å²) >= 11 is 0. The summed E-state index contributed by atoms with van der Waals surface area (Å²) in [5.74, 6) is 0.0273. The zero-order valence-corrected chi connectivity index (χ0v) is 10.4. The maximum absolute atomic E-state index is 14.0. The number of carboxylic acid groups (broad SMARTS) is 1. The van der Waals surface area contributed by atoms with E-state index in [1.807, 2.05) is 6.20 Å². The quantitative estimate of drug-likeness (QED) is 0.891. The molecule has 2 aromatic rings. The Labute approximate surface area is 109 Å². The van der Waals surface area contributed by atoms with Crippen molar-refractivity contribution in [2.45, 2.75) is 12.3 Å². The Bertz CT molecular complexity index is 653. The molecule has 5 nitrogen and oxygen atoms in total. The van der Waals surface area contributed by atoms with Gasteiger partial charge >= 0.3 is 6.09 Å². The summed E-state index contributed by atoms with van der Waals surface area (Å²) in [4.78, 5) is 10.5. The van der Waals surface area contributed by atoms with Crippen molar-refractivity contribution in [1.82, 2.24) is 15.1 Å². The Balaban J connectivity index is 1.89.